The van der Waals surface area contributed by atoms with Crippen LogP contribution < -0.4 is 4.90 Å². The van der Waals surface area contributed by atoms with Gasteiger partial charge in [0, 0.05) is 18.5 Å². The molecule has 0 aromatic heterocycles. The second-order valence-electron chi connectivity index (χ2n) is 9.29. The molecule has 38 heavy (non-hydrogen) atoms. The van der Waals surface area contributed by atoms with Crippen LogP contribution >= 0.6 is 0 Å². The molecule has 0 saturated carbocycles. The average Bonchev–Trinajstić information content (AvgIpc) is 3.41. The molecule has 196 valence electrons. The van der Waals surface area contributed by atoms with Gasteiger partial charge >= 0.3 is 0 Å². The summed E-state index contributed by atoms with van der Waals surface area (Å²) in [5, 5.41) is 0. The highest BCUT2D eigenvalue weighted by Crippen LogP contribution is 2.51. The number of para-hydroxylation sites is 1. The maximum Gasteiger partial charge on any atom is 0.277 e. The van der Waals surface area contributed by atoms with E-state index in [-0.39, 0.29) is 28.5 Å². The van der Waals surface area contributed by atoms with Gasteiger partial charge in [0.2, 0.25) is 5.60 Å². The Morgan fingerprint density at radius 1 is 0.895 bits per heavy atom. The summed E-state index contributed by atoms with van der Waals surface area (Å²) in [4.78, 5) is 14.8. The minimum absolute atomic E-state index is 0.172. The number of nitrogens with zero attached hydrogens (tertiary/aromatic N) is 2. The van der Waals surface area contributed by atoms with Crippen molar-refractivity contribution in [2.75, 3.05) is 11.4 Å². The largest absolute Gasteiger partial charge is 0.478 e. The topological polar surface area (TPSA) is 101 Å². The van der Waals surface area contributed by atoms with Crippen molar-refractivity contribution in [1.82, 2.24) is 3.71 Å². The lowest BCUT2D eigenvalue weighted by molar-refractivity contribution is -0.134. The molecule has 2 aliphatic heterocycles. The third kappa shape index (κ3) is 3.91. The monoisotopic (exact) mass is 550 g/mol. The zero-order valence-electron chi connectivity index (χ0n) is 20.9. The molecule has 1 spiro atoms. The van der Waals surface area contributed by atoms with Crippen LogP contribution in [0, 0.1) is 13.8 Å². The van der Waals surface area contributed by atoms with E-state index in [2.05, 4.69) is 6.58 Å². The number of aryl methyl sites for hydroxylation is 2. The number of hydrogen-bond donors (Lipinski definition) is 0. The van der Waals surface area contributed by atoms with Crippen LogP contribution in [0.5, 0.6) is 0 Å². The van der Waals surface area contributed by atoms with Crippen molar-refractivity contribution in [3.63, 3.8) is 0 Å². The van der Waals surface area contributed by atoms with Crippen molar-refractivity contribution in [2.24, 2.45) is 0 Å². The van der Waals surface area contributed by atoms with Gasteiger partial charge in [-0.05, 0) is 44.2 Å². The number of carbonyl (C=O) groups excluding carboxylic acids is 1. The third-order valence-electron chi connectivity index (χ3n) is 6.67. The van der Waals surface area contributed by atoms with Gasteiger partial charge in [0.1, 0.15) is 6.26 Å². The first-order valence-electron chi connectivity index (χ1n) is 11.9. The molecular formula is C28H26N2O6S2. The minimum atomic E-state index is -4.63. The van der Waals surface area contributed by atoms with E-state index in [1.807, 2.05) is 0 Å². The minimum Gasteiger partial charge on any atom is -0.478 e. The first-order valence-corrected chi connectivity index (χ1v) is 14.7. The average molecular weight is 551 g/mol. The molecule has 3 aromatic carbocycles. The van der Waals surface area contributed by atoms with Crippen molar-refractivity contribution in [2.45, 2.75) is 35.7 Å². The normalized spacial score (nSPS) is 18.7. The lowest BCUT2D eigenvalue weighted by Crippen LogP contribution is -2.42. The van der Waals surface area contributed by atoms with Crippen molar-refractivity contribution in [3.05, 3.63) is 114 Å². The van der Waals surface area contributed by atoms with Gasteiger partial charge in [-0.25, -0.2) is 16.8 Å². The molecule has 5 rings (SSSR count). The van der Waals surface area contributed by atoms with Gasteiger partial charge in [0.15, 0.2) is 0 Å². The zero-order valence-corrected chi connectivity index (χ0v) is 22.5. The second-order valence-corrected chi connectivity index (χ2v) is 13.1. The van der Waals surface area contributed by atoms with Crippen molar-refractivity contribution in [3.8, 4) is 0 Å². The Balaban J connectivity index is 1.65. The number of amides is 1. The Kier molecular flexibility index (Phi) is 6.19. The molecule has 0 fully saturated rings. The molecule has 10 heteroatoms. The SMILES string of the molecule is C=CCN1C(=O)C2(CC(N(S(=O)(=O)c3ccc(C)cc3)S(=O)(=O)c3ccc(C)cc3)=CO2)c2ccccc21. The number of benzene rings is 3. The molecular weight excluding hydrogens is 524 g/mol. The highest BCUT2D eigenvalue weighted by molar-refractivity contribution is 8.04. The maximum absolute atomic E-state index is 14.0. The fourth-order valence-electron chi connectivity index (χ4n) is 4.75. The standard InChI is InChI=1S/C28H26N2O6S2/c1-4-17-29-26-8-6-5-7-25(26)28(27(29)31)18-22(19-36-28)30(37(32,33)23-13-9-20(2)10-14-23)38(34,35)24-15-11-21(3)12-16-24/h4-16,19H,1,17-18H2,2-3H3. The molecule has 3 aromatic rings. The Bertz CT molecular complexity index is 1600. The number of ether oxygens (including phenoxy) is 1. The van der Waals surface area contributed by atoms with Crippen molar-refractivity contribution in [1.29, 1.82) is 0 Å². The van der Waals surface area contributed by atoms with Crippen LogP contribution in [0.1, 0.15) is 23.1 Å². The van der Waals surface area contributed by atoms with Gasteiger partial charge in [-0.1, -0.05) is 59.7 Å². The van der Waals surface area contributed by atoms with Crippen LogP contribution in [0.2, 0.25) is 0 Å². The summed E-state index contributed by atoms with van der Waals surface area (Å²) in [6.45, 7) is 7.53. The van der Waals surface area contributed by atoms with Crippen LogP contribution in [0.15, 0.2) is 107 Å². The number of carbonyl (C=O) groups is 1. The number of hydrogen-bond acceptors (Lipinski definition) is 6. The molecule has 0 saturated heterocycles. The predicted octanol–water partition coefficient (Wildman–Crippen LogP) is 4.37. The molecule has 1 amide bonds. The van der Waals surface area contributed by atoms with Gasteiger partial charge in [0.05, 0.1) is 21.2 Å². The summed E-state index contributed by atoms with van der Waals surface area (Å²) in [6, 6.07) is 18.8. The van der Waals surface area contributed by atoms with E-state index in [0.29, 0.717) is 15.0 Å². The Morgan fingerprint density at radius 2 is 1.42 bits per heavy atom. The van der Waals surface area contributed by atoms with Crippen LogP contribution in [0.4, 0.5) is 5.69 Å². The first-order chi connectivity index (χ1) is 18.0. The lowest BCUT2D eigenvalue weighted by Gasteiger charge is -2.27. The van der Waals surface area contributed by atoms with E-state index in [1.54, 1.807) is 68.5 Å². The van der Waals surface area contributed by atoms with Gasteiger partial charge in [0.25, 0.3) is 26.0 Å². The zero-order chi connectivity index (χ0) is 27.3. The fourth-order valence-corrected chi connectivity index (χ4v) is 8.48. The van der Waals surface area contributed by atoms with Gasteiger partial charge in [-0.3, -0.25) is 4.79 Å². The maximum atomic E-state index is 14.0. The van der Waals surface area contributed by atoms with Crippen molar-refractivity contribution < 1.29 is 26.4 Å². The molecule has 1 unspecified atom stereocenters. The van der Waals surface area contributed by atoms with E-state index < -0.39 is 31.6 Å². The highest BCUT2D eigenvalue weighted by Gasteiger charge is 2.57. The molecule has 2 heterocycles. The predicted molar refractivity (Wildman–Crippen MR) is 143 cm³/mol. The Morgan fingerprint density at radius 3 is 1.95 bits per heavy atom. The summed E-state index contributed by atoms with van der Waals surface area (Å²) < 4.78 is 62.2. The van der Waals surface area contributed by atoms with Crippen LogP contribution in [0.25, 0.3) is 0 Å². The fraction of sp³-hybridized carbons (Fsp3) is 0.179. The van der Waals surface area contributed by atoms with Gasteiger partial charge in [-0.15, -0.1) is 6.58 Å². The Hall–Kier alpha value is -3.89. The Labute approximate surface area is 222 Å². The van der Waals surface area contributed by atoms with Crippen molar-refractivity contribution >= 4 is 31.6 Å². The summed E-state index contributed by atoms with van der Waals surface area (Å²) in [5.41, 5.74) is 0.984. The van der Waals surface area contributed by atoms with Crippen LogP contribution in [0.3, 0.4) is 0 Å². The number of rotatable bonds is 7. The molecule has 0 N–H and O–H groups in total. The molecule has 0 radical (unpaired) electrons. The summed E-state index contributed by atoms with van der Waals surface area (Å²) >= 11 is 0. The van der Waals surface area contributed by atoms with E-state index in [4.69, 9.17) is 4.74 Å². The molecule has 1 atom stereocenters. The highest BCUT2D eigenvalue weighted by atomic mass is 32.3. The summed E-state index contributed by atoms with van der Waals surface area (Å²) in [7, 11) is -9.25. The third-order valence-corrected chi connectivity index (χ3v) is 10.9. The number of fused-ring (bicyclic) bond motifs is 2. The summed E-state index contributed by atoms with van der Waals surface area (Å²) in [6.07, 6.45) is 2.35. The quantitative estimate of drug-likeness (QED) is 0.405. The molecule has 0 aliphatic carbocycles. The van der Waals surface area contributed by atoms with E-state index in [9.17, 15) is 21.6 Å². The van der Waals surface area contributed by atoms with Crippen LogP contribution in [-0.4, -0.2) is 33.0 Å². The number of sulfonamides is 2. The van der Waals surface area contributed by atoms with E-state index in [1.165, 1.54) is 29.2 Å². The number of anilines is 1. The van der Waals surface area contributed by atoms with Crippen LogP contribution in [-0.2, 0) is 35.2 Å². The first kappa shape index (κ1) is 25.7. The smallest absolute Gasteiger partial charge is 0.277 e. The van der Waals surface area contributed by atoms with E-state index >= 15 is 0 Å². The molecule has 8 nitrogen and oxygen atoms in total. The summed E-state index contributed by atoms with van der Waals surface area (Å²) in [5.74, 6) is -0.426. The van der Waals surface area contributed by atoms with Gasteiger partial charge < -0.3 is 9.64 Å². The van der Waals surface area contributed by atoms with Gasteiger partial charge in [-0.2, -0.15) is 3.71 Å². The molecule has 0 bridgehead atoms. The van der Waals surface area contributed by atoms with E-state index in [0.717, 1.165) is 17.4 Å². The molecule has 2 aliphatic rings. The lowest BCUT2D eigenvalue weighted by atomic mass is 9.92. The second kappa shape index (κ2) is 9.14.